The van der Waals surface area contributed by atoms with Crippen molar-refractivity contribution in [2.75, 3.05) is 19.6 Å². The van der Waals surface area contributed by atoms with E-state index in [1.54, 1.807) is 0 Å². The summed E-state index contributed by atoms with van der Waals surface area (Å²) in [6.45, 7) is 1.94. The van der Waals surface area contributed by atoms with Crippen LogP contribution in [0.2, 0.25) is 0 Å². The van der Waals surface area contributed by atoms with E-state index < -0.39 is 17.9 Å². The van der Waals surface area contributed by atoms with Crippen molar-refractivity contribution < 1.29 is 32.6 Å². The van der Waals surface area contributed by atoms with Crippen LogP contribution in [0.25, 0.3) is 0 Å². The number of hydrogen-bond donors (Lipinski definition) is 6. The minimum atomic E-state index is -0.741. The van der Waals surface area contributed by atoms with Gasteiger partial charge < -0.3 is 34.1 Å². The van der Waals surface area contributed by atoms with Gasteiger partial charge in [-0.2, -0.15) is 0 Å². The fourth-order valence-corrected chi connectivity index (χ4v) is 0.701. The van der Waals surface area contributed by atoms with Crippen LogP contribution in [0.1, 0.15) is 2.85 Å². The molecule has 10 heteroatoms. The summed E-state index contributed by atoms with van der Waals surface area (Å²) in [5, 5.41) is 31.9. The van der Waals surface area contributed by atoms with E-state index in [9.17, 15) is 14.4 Å². The van der Waals surface area contributed by atoms with Crippen molar-refractivity contribution in [3.05, 3.63) is 0 Å². The van der Waals surface area contributed by atoms with Crippen LogP contribution in [0.4, 0.5) is 0 Å². The predicted octanol–water partition coefficient (Wildman–Crippen LogP) is -3.03. The first-order chi connectivity index (χ1) is 8.41. The second-order valence-electron chi connectivity index (χ2n) is 3.90. The van der Waals surface area contributed by atoms with Gasteiger partial charge in [-0.1, -0.05) is 0 Å². The van der Waals surface area contributed by atoms with E-state index in [2.05, 4.69) is 16.0 Å². The Morgan fingerprint density at radius 2 is 0.895 bits per heavy atom. The molecule has 9 nitrogen and oxygen atoms in total. The molecule has 19 heavy (non-hydrogen) atoms. The first kappa shape index (κ1) is 18.1. The molecule has 6 N–H and O–H groups in total. The quantitative estimate of drug-likeness (QED) is 0.233. The Bertz CT molecular complexity index is 298. The maximum Gasteiger partial charge on any atom is 2.00 e. The smallest absolute Gasteiger partial charge is 1.00 e. The van der Waals surface area contributed by atoms with Crippen molar-refractivity contribution in [2.24, 2.45) is 0 Å². The summed E-state index contributed by atoms with van der Waals surface area (Å²) >= 11 is 0. The van der Waals surface area contributed by atoms with Gasteiger partial charge in [0, 0.05) is 19.6 Å². The van der Waals surface area contributed by atoms with Crippen LogP contribution in [0.3, 0.4) is 0 Å². The van der Waals surface area contributed by atoms with Crippen molar-refractivity contribution in [2.45, 2.75) is 18.1 Å². The van der Waals surface area contributed by atoms with E-state index in [-0.39, 0.29) is 44.0 Å². The summed E-state index contributed by atoms with van der Waals surface area (Å²) in [6.07, 6.45) is 0. The predicted molar refractivity (Wildman–Crippen MR) is 66.3 cm³/mol. The zero-order valence-corrected chi connectivity index (χ0v) is 11.5. The van der Waals surface area contributed by atoms with Crippen LogP contribution >= 0.6 is 0 Å². The van der Waals surface area contributed by atoms with Gasteiger partial charge in [-0.15, -0.1) is 0 Å². The van der Waals surface area contributed by atoms with Gasteiger partial charge >= 0.3 is 41.0 Å². The molecule has 0 saturated carbocycles. The van der Waals surface area contributed by atoms with Crippen LogP contribution in [-0.2, 0) is 14.4 Å². The molecule has 0 aromatic heterocycles. The molecule has 0 aliphatic carbocycles. The molecule has 0 radical (unpaired) electrons. The Balaban J connectivity index is -0.000000216. The van der Waals surface area contributed by atoms with Gasteiger partial charge in [-0.3, -0.25) is 14.4 Å². The topological polar surface area (TPSA) is 178 Å². The molecule has 3 atom stereocenters. The van der Waals surface area contributed by atoms with Crippen molar-refractivity contribution in [3.8, 4) is 0 Å². The fraction of sp³-hybridized carbons (Fsp3) is 0.667. The van der Waals surface area contributed by atoms with Crippen molar-refractivity contribution >= 4 is 41.0 Å². The molecular weight excluding hydrogens is 270 g/mol. The molecule has 0 aromatic carbocycles. The van der Waals surface area contributed by atoms with E-state index in [4.69, 9.17) is 15.3 Å². The first-order valence-corrected chi connectivity index (χ1v) is 5.30. The molecule has 3 unspecified atom stereocenters. The normalized spacial score (nSPS) is 28.1. The molecule has 0 amide bonds. The Labute approximate surface area is 127 Å². The van der Waals surface area contributed by atoms with E-state index in [1.807, 2.05) is 0 Å². The largest absolute Gasteiger partial charge is 2.00 e. The van der Waals surface area contributed by atoms with Gasteiger partial charge in [0.2, 0.25) is 0 Å². The zero-order chi connectivity index (χ0) is 13.7. The Morgan fingerprint density at radius 3 is 0.895 bits per heavy atom. The van der Waals surface area contributed by atoms with Gasteiger partial charge in [-0.25, -0.2) is 0 Å². The van der Waals surface area contributed by atoms with Crippen LogP contribution in [0.5, 0.6) is 0 Å². The van der Waals surface area contributed by atoms with Gasteiger partial charge in [0.15, 0.2) is 0 Å². The average Bonchev–Trinajstić information content (AvgIpc) is 3.22. The van der Waals surface area contributed by atoms with Crippen LogP contribution < -0.4 is 16.0 Å². The molecular formula is C9H17MgN3O6. The second-order valence-corrected chi connectivity index (χ2v) is 3.90. The summed E-state index contributed by atoms with van der Waals surface area (Å²) < 4.78 is 0. The van der Waals surface area contributed by atoms with Gasteiger partial charge in [0.25, 0.3) is 0 Å². The average molecular weight is 288 g/mol. The minimum Gasteiger partial charge on any atom is -1.00 e. The zero-order valence-electron chi connectivity index (χ0n) is 12.1. The number of nitrogens with one attached hydrogen (secondary N) is 3. The Morgan fingerprint density at radius 1 is 0.737 bits per heavy atom. The molecule has 3 saturated heterocycles. The Kier molecular flexibility index (Phi) is 7.86. The van der Waals surface area contributed by atoms with E-state index >= 15 is 0 Å². The monoisotopic (exact) mass is 287 g/mol. The third-order valence-corrected chi connectivity index (χ3v) is 2.12. The number of carboxylic acid groups (broad SMARTS) is 3. The van der Waals surface area contributed by atoms with Crippen LogP contribution in [0.15, 0.2) is 0 Å². The summed E-state index contributed by atoms with van der Waals surface area (Å²) in [7, 11) is 0. The molecule has 3 rings (SSSR count). The number of aliphatic carboxylic acids is 3. The summed E-state index contributed by atoms with van der Waals surface area (Å²) in [5.74, 6) is -2.22. The minimum absolute atomic E-state index is 0. The molecule has 3 fully saturated rings. The number of rotatable bonds is 3. The fourth-order valence-electron chi connectivity index (χ4n) is 0.701. The Hall–Kier alpha value is -0.944. The third-order valence-electron chi connectivity index (χ3n) is 2.12. The third kappa shape index (κ3) is 9.61. The van der Waals surface area contributed by atoms with Gasteiger partial charge in [0.05, 0.1) is 0 Å². The summed E-state index contributed by atoms with van der Waals surface area (Å²) in [4.78, 5) is 29.1. The molecule has 0 spiro atoms. The maximum atomic E-state index is 9.70. The standard InChI is InChI=1S/3C3H5NO2.Mg.2H/c3*5-3(6)2-1-4-2;;;/h3*2,4H,1H2,(H,5,6);;;/q;;;+2;2*-1. The van der Waals surface area contributed by atoms with Crippen LogP contribution in [-0.4, -0.2) is 94.0 Å². The first-order valence-electron chi connectivity index (χ1n) is 5.30. The summed E-state index contributed by atoms with van der Waals surface area (Å²) in [5.41, 5.74) is 0. The second kappa shape index (κ2) is 8.27. The van der Waals surface area contributed by atoms with E-state index in [0.717, 1.165) is 0 Å². The molecule has 106 valence electrons. The summed E-state index contributed by atoms with van der Waals surface area (Å²) in [6, 6.07) is -0.694. The molecule has 0 aromatic rings. The van der Waals surface area contributed by atoms with E-state index in [0.29, 0.717) is 19.6 Å². The molecule has 3 aliphatic heterocycles. The van der Waals surface area contributed by atoms with Crippen LogP contribution in [0, 0.1) is 0 Å². The molecule has 3 heterocycles. The van der Waals surface area contributed by atoms with Crippen molar-refractivity contribution in [3.63, 3.8) is 0 Å². The number of carboxylic acids is 3. The van der Waals surface area contributed by atoms with Gasteiger partial charge in [-0.05, 0) is 0 Å². The van der Waals surface area contributed by atoms with Crippen molar-refractivity contribution in [1.29, 1.82) is 0 Å². The number of carbonyl (C=O) groups is 3. The van der Waals surface area contributed by atoms with Gasteiger partial charge in [0.1, 0.15) is 18.1 Å². The molecule has 0 bridgehead atoms. The maximum absolute atomic E-state index is 9.70. The molecule has 3 aliphatic rings. The number of hydrogen-bond acceptors (Lipinski definition) is 6. The SMILES string of the molecule is O=C(O)C1CN1.O=C(O)C1CN1.O=C(O)C1CN1.[H-].[H-].[Mg+2]. The van der Waals surface area contributed by atoms with E-state index in [1.165, 1.54) is 0 Å². The van der Waals surface area contributed by atoms with Crippen molar-refractivity contribution in [1.82, 2.24) is 16.0 Å².